The van der Waals surface area contributed by atoms with Gasteiger partial charge in [0.15, 0.2) is 11.5 Å². The van der Waals surface area contributed by atoms with E-state index >= 15 is 0 Å². The molecule has 110 valence electrons. The van der Waals surface area contributed by atoms with Crippen LogP contribution in [-0.2, 0) is 11.3 Å². The van der Waals surface area contributed by atoms with Crippen LogP contribution in [0.3, 0.4) is 0 Å². The highest BCUT2D eigenvalue weighted by atomic mass is 16.5. The Morgan fingerprint density at radius 1 is 1.10 bits per heavy atom. The molecule has 0 spiro atoms. The summed E-state index contributed by atoms with van der Waals surface area (Å²) in [5, 5.41) is 0. The lowest BCUT2D eigenvalue weighted by Crippen LogP contribution is -2.21. The van der Waals surface area contributed by atoms with Crippen LogP contribution < -0.4 is 20.1 Å². The standard InChI is InChI=1S/C16H18N2O3/c1-20-15-8-7-12(9-16(15)21-2)10-18(11-19)14-6-4-3-5-13(14)17/h3-9,11H,10,17H2,1-2H3. The summed E-state index contributed by atoms with van der Waals surface area (Å²) in [5.41, 5.74) is 8.07. The van der Waals surface area contributed by atoms with Gasteiger partial charge in [-0.05, 0) is 29.8 Å². The third-order valence-corrected chi connectivity index (χ3v) is 3.17. The number of carbonyl (C=O) groups is 1. The molecule has 0 radical (unpaired) electrons. The first kappa shape index (κ1) is 14.7. The number of rotatable bonds is 6. The van der Waals surface area contributed by atoms with E-state index in [1.54, 1.807) is 25.2 Å². The van der Waals surface area contributed by atoms with Gasteiger partial charge in [0.05, 0.1) is 32.1 Å². The molecular formula is C16H18N2O3. The highest BCUT2D eigenvalue weighted by Gasteiger charge is 2.11. The van der Waals surface area contributed by atoms with Crippen LogP contribution in [-0.4, -0.2) is 20.6 Å². The Kier molecular flexibility index (Phi) is 4.66. The van der Waals surface area contributed by atoms with E-state index in [0.29, 0.717) is 29.4 Å². The van der Waals surface area contributed by atoms with E-state index in [0.717, 1.165) is 12.0 Å². The van der Waals surface area contributed by atoms with E-state index in [2.05, 4.69) is 0 Å². The normalized spacial score (nSPS) is 10.0. The molecule has 0 aliphatic heterocycles. The van der Waals surface area contributed by atoms with Gasteiger partial charge >= 0.3 is 0 Å². The molecule has 0 aliphatic rings. The fourth-order valence-corrected chi connectivity index (χ4v) is 2.10. The molecule has 2 N–H and O–H groups in total. The zero-order chi connectivity index (χ0) is 15.2. The van der Waals surface area contributed by atoms with Crippen LogP contribution >= 0.6 is 0 Å². The number of nitrogens with zero attached hydrogens (tertiary/aromatic N) is 1. The summed E-state index contributed by atoms with van der Waals surface area (Å²) in [4.78, 5) is 12.9. The van der Waals surface area contributed by atoms with Crippen LogP contribution in [0.2, 0.25) is 0 Å². The second kappa shape index (κ2) is 6.65. The van der Waals surface area contributed by atoms with Gasteiger partial charge in [-0.25, -0.2) is 0 Å². The first-order valence-electron chi connectivity index (χ1n) is 6.47. The number of ether oxygens (including phenoxy) is 2. The molecule has 2 rings (SSSR count). The minimum atomic E-state index is 0.401. The van der Waals surface area contributed by atoms with Crippen LogP contribution in [0.1, 0.15) is 5.56 Å². The van der Waals surface area contributed by atoms with Crippen molar-refractivity contribution in [1.82, 2.24) is 0 Å². The molecule has 5 heteroatoms. The van der Waals surface area contributed by atoms with Crippen LogP contribution in [0.5, 0.6) is 11.5 Å². The molecule has 5 nitrogen and oxygen atoms in total. The minimum Gasteiger partial charge on any atom is -0.493 e. The summed E-state index contributed by atoms with van der Waals surface area (Å²) in [6, 6.07) is 12.8. The number of para-hydroxylation sites is 2. The molecule has 0 unspecified atom stereocenters. The molecule has 21 heavy (non-hydrogen) atoms. The third kappa shape index (κ3) is 3.25. The van der Waals surface area contributed by atoms with Crippen molar-refractivity contribution in [2.45, 2.75) is 6.54 Å². The molecule has 0 atom stereocenters. The molecular weight excluding hydrogens is 268 g/mol. The Bertz CT molecular complexity index is 629. The van der Waals surface area contributed by atoms with Crippen molar-refractivity contribution in [2.75, 3.05) is 24.9 Å². The topological polar surface area (TPSA) is 64.8 Å². The summed E-state index contributed by atoms with van der Waals surface area (Å²) in [7, 11) is 3.16. The molecule has 0 saturated carbocycles. The number of carbonyl (C=O) groups excluding carboxylic acids is 1. The maximum atomic E-state index is 11.4. The average Bonchev–Trinajstić information content (AvgIpc) is 2.53. The van der Waals surface area contributed by atoms with Gasteiger partial charge in [-0.3, -0.25) is 4.79 Å². The summed E-state index contributed by atoms with van der Waals surface area (Å²) in [6.07, 6.45) is 0.766. The lowest BCUT2D eigenvalue weighted by atomic mass is 10.1. The molecule has 0 saturated heterocycles. The zero-order valence-electron chi connectivity index (χ0n) is 12.1. The fraction of sp³-hybridized carbons (Fsp3) is 0.188. The quantitative estimate of drug-likeness (QED) is 0.654. The van der Waals surface area contributed by atoms with E-state index in [1.165, 1.54) is 0 Å². The second-order valence-corrected chi connectivity index (χ2v) is 4.48. The molecule has 0 aromatic heterocycles. The number of hydrogen-bond acceptors (Lipinski definition) is 4. The number of nitrogens with two attached hydrogens (primary N) is 1. The number of amides is 1. The molecule has 2 aromatic rings. The number of methoxy groups -OCH3 is 2. The van der Waals surface area contributed by atoms with Gasteiger partial charge in [0.2, 0.25) is 6.41 Å². The summed E-state index contributed by atoms with van der Waals surface area (Å²) >= 11 is 0. The van der Waals surface area contributed by atoms with Crippen molar-refractivity contribution in [3.05, 3.63) is 48.0 Å². The number of nitrogen functional groups attached to an aromatic ring is 1. The largest absolute Gasteiger partial charge is 0.493 e. The Balaban J connectivity index is 2.27. The van der Waals surface area contributed by atoms with Gasteiger partial charge in [-0.1, -0.05) is 18.2 Å². The first-order valence-corrected chi connectivity index (χ1v) is 6.47. The van der Waals surface area contributed by atoms with Crippen LogP contribution in [0.25, 0.3) is 0 Å². The molecule has 0 fully saturated rings. The third-order valence-electron chi connectivity index (χ3n) is 3.17. The Morgan fingerprint density at radius 3 is 2.43 bits per heavy atom. The lowest BCUT2D eigenvalue weighted by molar-refractivity contribution is -0.107. The van der Waals surface area contributed by atoms with Gasteiger partial charge in [-0.2, -0.15) is 0 Å². The summed E-state index contributed by atoms with van der Waals surface area (Å²) < 4.78 is 10.5. The van der Waals surface area contributed by atoms with E-state index in [9.17, 15) is 4.79 Å². The van der Waals surface area contributed by atoms with Crippen molar-refractivity contribution in [3.63, 3.8) is 0 Å². The lowest BCUT2D eigenvalue weighted by Gasteiger charge is -2.20. The van der Waals surface area contributed by atoms with Crippen molar-refractivity contribution in [1.29, 1.82) is 0 Å². The van der Waals surface area contributed by atoms with Crippen LogP contribution in [0.4, 0.5) is 11.4 Å². The van der Waals surface area contributed by atoms with Gasteiger partial charge in [-0.15, -0.1) is 0 Å². The number of hydrogen-bond donors (Lipinski definition) is 1. The average molecular weight is 286 g/mol. The van der Waals surface area contributed by atoms with E-state index in [-0.39, 0.29) is 0 Å². The van der Waals surface area contributed by atoms with Crippen molar-refractivity contribution in [2.24, 2.45) is 0 Å². The smallest absolute Gasteiger partial charge is 0.214 e. The highest BCUT2D eigenvalue weighted by Crippen LogP contribution is 2.29. The van der Waals surface area contributed by atoms with Crippen molar-refractivity contribution in [3.8, 4) is 11.5 Å². The Labute approximate surface area is 123 Å². The Hall–Kier alpha value is -2.69. The second-order valence-electron chi connectivity index (χ2n) is 4.48. The summed E-state index contributed by atoms with van der Waals surface area (Å²) in [6.45, 7) is 0.401. The van der Waals surface area contributed by atoms with Crippen molar-refractivity contribution < 1.29 is 14.3 Å². The minimum absolute atomic E-state index is 0.401. The molecule has 0 bridgehead atoms. The Morgan fingerprint density at radius 2 is 1.81 bits per heavy atom. The van der Waals surface area contributed by atoms with Crippen LogP contribution in [0, 0.1) is 0 Å². The first-order chi connectivity index (χ1) is 10.2. The number of anilines is 2. The fourth-order valence-electron chi connectivity index (χ4n) is 2.10. The predicted molar refractivity (Wildman–Crippen MR) is 82.6 cm³/mol. The van der Waals surface area contributed by atoms with E-state index in [4.69, 9.17) is 15.2 Å². The maximum absolute atomic E-state index is 11.4. The molecule has 0 aliphatic carbocycles. The predicted octanol–water partition coefficient (Wildman–Crippen LogP) is 2.45. The van der Waals surface area contributed by atoms with E-state index in [1.807, 2.05) is 36.4 Å². The van der Waals surface area contributed by atoms with Gasteiger partial charge in [0.25, 0.3) is 0 Å². The van der Waals surface area contributed by atoms with Gasteiger partial charge < -0.3 is 20.1 Å². The van der Waals surface area contributed by atoms with E-state index < -0.39 is 0 Å². The monoisotopic (exact) mass is 286 g/mol. The van der Waals surface area contributed by atoms with Gasteiger partial charge in [0, 0.05) is 0 Å². The van der Waals surface area contributed by atoms with Crippen LogP contribution in [0.15, 0.2) is 42.5 Å². The number of benzene rings is 2. The molecule has 2 aromatic carbocycles. The zero-order valence-corrected chi connectivity index (χ0v) is 12.1. The highest BCUT2D eigenvalue weighted by molar-refractivity contribution is 5.82. The summed E-state index contributed by atoms with van der Waals surface area (Å²) in [5.74, 6) is 1.28. The maximum Gasteiger partial charge on any atom is 0.214 e. The van der Waals surface area contributed by atoms with Crippen molar-refractivity contribution >= 4 is 17.8 Å². The molecule has 0 heterocycles. The molecule has 1 amide bonds. The van der Waals surface area contributed by atoms with Gasteiger partial charge in [0.1, 0.15) is 0 Å². The SMILES string of the molecule is COc1ccc(CN(C=O)c2ccccc2N)cc1OC.